The summed E-state index contributed by atoms with van der Waals surface area (Å²) in [7, 11) is 0. The van der Waals surface area contributed by atoms with Crippen LogP contribution >= 0.6 is 0 Å². The van der Waals surface area contributed by atoms with Crippen LogP contribution in [0.3, 0.4) is 0 Å². The zero-order valence-electron chi connectivity index (χ0n) is 10.2. The second-order valence-electron chi connectivity index (χ2n) is 3.63. The first kappa shape index (κ1) is 13.0. The third kappa shape index (κ3) is 5.14. The van der Waals surface area contributed by atoms with E-state index in [1.807, 2.05) is 31.2 Å². The summed E-state index contributed by atoms with van der Waals surface area (Å²) in [6.07, 6.45) is 5.09. The molecular formula is C13H21NO2. The van der Waals surface area contributed by atoms with Crippen LogP contribution in [0.5, 0.6) is 0 Å². The molecule has 0 aromatic carbocycles. The highest BCUT2D eigenvalue weighted by Crippen LogP contribution is 2.08. The van der Waals surface area contributed by atoms with Crippen LogP contribution in [0.4, 0.5) is 0 Å². The minimum absolute atomic E-state index is 0.540. The van der Waals surface area contributed by atoms with E-state index in [1.54, 1.807) is 0 Å². The number of hydrogen-bond acceptors (Lipinski definition) is 3. The van der Waals surface area contributed by atoms with Crippen LogP contribution in [-0.4, -0.2) is 13.2 Å². The summed E-state index contributed by atoms with van der Waals surface area (Å²) in [5.41, 5.74) is 0. The first-order valence-electron chi connectivity index (χ1n) is 5.84. The van der Waals surface area contributed by atoms with Crippen molar-refractivity contribution in [2.24, 2.45) is 0 Å². The molecular weight excluding hydrogens is 202 g/mol. The third-order valence-electron chi connectivity index (χ3n) is 2.14. The molecule has 0 saturated heterocycles. The Labute approximate surface area is 97.5 Å². The predicted octanol–water partition coefficient (Wildman–Crippen LogP) is 2.87. The van der Waals surface area contributed by atoms with Gasteiger partial charge in [-0.15, -0.1) is 0 Å². The second-order valence-corrected chi connectivity index (χ2v) is 3.63. The van der Waals surface area contributed by atoms with E-state index in [-0.39, 0.29) is 0 Å². The molecule has 0 saturated carbocycles. The average molecular weight is 223 g/mol. The number of ether oxygens (including phenoxy) is 1. The first-order valence-corrected chi connectivity index (χ1v) is 5.84. The molecule has 0 aliphatic rings. The van der Waals surface area contributed by atoms with E-state index >= 15 is 0 Å². The zero-order chi connectivity index (χ0) is 11.6. The van der Waals surface area contributed by atoms with Crippen molar-refractivity contribution in [2.75, 3.05) is 13.2 Å². The Kier molecular flexibility index (Phi) is 6.61. The zero-order valence-corrected chi connectivity index (χ0v) is 10.2. The maximum absolute atomic E-state index is 5.60. The van der Waals surface area contributed by atoms with Crippen molar-refractivity contribution in [2.45, 2.75) is 33.4 Å². The molecule has 1 rings (SSSR count). The van der Waals surface area contributed by atoms with Crippen LogP contribution < -0.4 is 5.32 Å². The SMILES string of the molecule is CC=CCOCc1ccc(CNCCC)o1. The molecule has 1 aromatic rings. The van der Waals surface area contributed by atoms with Gasteiger partial charge in [0.2, 0.25) is 0 Å². The molecule has 0 unspecified atom stereocenters. The fourth-order valence-electron chi connectivity index (χ4n) is 1.31. The van der Waals surface area contributed by atoms with Crippen molar-refractivity contribution in [3.8, 4) is 0 Å². The molecule has 0 bridgehead atoms. The summed E-state index contributed by atoms with van der Waals surface area (Å²) in [4.78, 5) is 0. The summed E-state index contributed by atoms with van der Waals surface area (Å²) in [6, 6.07) is 3.97. The Balaban J connectivity index is 2.22. The molecule has 1 heterocycles. The van der Waals surface area contributed by atoms with Gasteiger partial charge in [0.05, 0.1) is 13.2 Å². The average Bonchev–Trinajstić information content (AvgIpc) is 2.73. The van der Waals surface area contributed by atoms with E-state index in [0.717, 1.165) is 31.0 Å². The molecule has 0 radical (unpaired) electrons. The lowest BCUT2D eigenvalue weighted by Crippen LogP contribution is -2.13. The van der Waals surface area contributed by atoms with E-state index in [1.165, 1.54) is 0 Å². The molecule has 16 heavy (non-hydrogen) atoms. The highest BCUT2D eigenvalue weighted by molar-refractivity contribution is 5.06. The number of nitrogens with one attached hydrogen (secondary N) is 1. The lowest BCUT2D eigenvalue weighted by molar-refractivity contribution is 0.130. The molecule has 3 nitrogen and oxygen atoms in total. The van der Waals surface area contributed by atoms with E-state index in [4.69, 9.17) is 9.15 Å². The maximum atomic E-state index is 5.60. The Morgan fingerprint density at radius 3 is 2.94 bits per heavy atom. The molecule has 0 aliphatic carbocycles. The minimum Gasteiger partial charge on any atom is -0.462 e. The van der Waals surface area contributed by atoms with Gasteiger partial charge >= 0.3 is 0 Å². The van der Waals surface area contributed by atoms with E-state index in [2.05, 4.69) is 12.2 Å². The van der Waals surface area contributed by atoms with Gasteiger partial charge in [-0.25, -0.2) is 0 Å². The van der Waals surface area contributed by atoms with Crippen LogP contribution in [0.15, 0.2) is 28.7 Å². The summed E-state index contributed by atoms with van der Waals surface area (Å²) < 4.78 is 11.0. The van der Waals surface area contributed by atoms with E-state index < -0.39 is 0 Å². The van der Waals surface area contributed by atoms with Gasteiger partial charge in [-0.2, -0.15) is 0 Å². The largest absolute Gasteiger partial charge is 0.462 e. The summed E-state index contributed by atoms with van der Waals surface area (Å²) in [5.74, 6) is 1.86. The Hall–Kier alpha value is -1.06. The maximum Gasteiger partial charge on any atom is 0.129 e. The minimum atomic E-state index is 0.540. The molecule has 0 amide bonds. The lowest BCUT2D eigenvalue weighted by atomic mass is 10.4. The van der Waals surface area contributed by atoms with Crippen molar-refractivity contribution in [1.82, 2.24) is 5.32 Å². The van der Waals surface area contributed by atoms with Crippen LogP contribution in [0.1, 0.15) is 31.8 Å². The molecule has 0 fully saturated rings. The number of allylic oxidation sites excluding steroid dienone is 1. The molecule has 0 atom stereocenters. The smallest absolute Gasteiger partial charge is 0.129 e. The number of rotatable bonds is 8. The van der Waals surface area contributed by atoms with Crippen molar-refractivity contribution < 1.29 is 9.15 Å². The van der Waals surface area contributed by atoms with Crippen molar-refractivity contribution >= 4 is 0 Å². The Bertz CT molecular complexity index is 305. The van der Waals surface area contributed by atoms with Crippen LogP contribution in [0.2, 0.25) is 0 Å². The van der Waals surface area contributed by atoms with Gasteiger partial charge in [0.1, 0.15) is 18.1 Å². The summed E-state index contributed by atoms with van der Waals surface area (Å²) in [6.45, 7) is 7.12. The highest BCUT2D eigenvalue weighted by atomic mass is 16.5. The second kappa shape index (κ2) is 8.13. The predicted molar refractivity (Wildman–Crippen MR) is 65.2 cm³/mol. The van der Waals surface area contributed by atoms with Crippen LogP contribution in [-0.2, 0) is 17.9 Å². The first-order chi connectivity index (χ1) is 7.86. The Morgan fingerprint density at radius 1 is 1.38 bits per heavy atom. The lowest BCUT2D eigenvalue weighted by Gasteiger charge is -2.00. The van der Waals surface area contributed by atoms with Crippen molar-refractivity contribution in [1.29, 1.82) is 0 Å². The van der Waals surface area contributed by atoms with Gasteiger partial charge in [0, 0.05) is 0 Å². The highest BCUT2D eigenvalue weighted by Gasteiger charge is 2.01. The Morgan fingerprint density at radius 2 is 2.19 bits per heavy atom. The molecule has 90 valence electrons. The topological polar surface area (TPSA) is 34.4 Å². The summed E-state index contributed by atoms with van der Waals surface area (Å²) in [5, 5.41) is 3.30. The molecule has 0 aliphatic heterocycles. The van der Waals surface area contributed by atoms with Crippen LogP contribution in [0, 0.1) is 0 Å². The quantitative estimate of drug-likeness (QED) is 0.543. The molecule has 1 N–H and O–H groups in total. The monoisotopic (exact) mass is 223 g/mol. The fraction of sp³-hybridized carbons (Fsp3) is 0.538. The molecule has 0 spiro atoms. The van der Waals surface area contributed by atoms with Crippen molar-refractivity contribution in [3.05, 3.63) is 35.8 Å². The summed E-state index contributed by atoms with van der Waals surface area (Å²) >= 11 is 0. The normalized spacial score (nSPS) is 11.4. The molecule has 3 heteroatoms. The van der Waals surface area contributed by atoms with Gasteiger partial charge in [-0.05, 0) is 32.0 Å². The van der Waals surface area contributed by atoms with Crippen molar-refractivity contribution in [3.63, 3.8) is 0 Å². The van der Waals surface area contributed by atoms with Gasteiger partial charge in [-0.3, -0.25) is 0 Å². The van der Waals surface area contributed by atoms with E-state index in [0.29, 0.717) is 13.2 Å². The third-order valence-corrected chi connectivity index (χ3v) is 2.14. The van der Waals surface area contributed by atoms with Gasteiger partial charge in [-0.1, -0.05) is 19.1 Å². The standard InChI is InChI=1S/C13H21NO2/c1-3-5-9-15-11-13-7-6-12(16-13)10-14-8-4-2/h3,5-7,14H,4,8-11H2,1-2H3. The fourth-order valence-corrected chi connectivity index (χ4v) is 1.31. The van der Waals surface area contributed by atoms with E-state index in [9.17, 15) is 0 Å². The van der Waals surface area contributed by atoms with Gasteiger partial charge in [0.15, 0.2) is 0 Å². The number of furan rings is 1. The van der Waals surface area contributed by atoms with Gasteiger partial charge in [0.25, 0.3) is 0 Å². The molecule has 1 aromatic heterocycles. The van der Waals surface area contributed by atoms with Gasteiger partial charge < -0.3 is 14.5 Å². The van der Waals surface area contributed by atoms with Crippen LogP contribution in [0.25, 0.3) is 0 Å². The number of hydrogen-bond donors (Lipinski definition) is 1.